The van der Waals surface area contributed by atoms with E-state index in [9.17, 15) is 4.39 Å². The van der Waals surface area contributed by atoms with Crippen molar-refractivity contribution >= 4 is 28.0 Å². The Labute approximate surface area is 157 Å². The number of rotatable bonds is 4. The summed E-state index contributed by atoms with van der Waals surface area (Å²) in [6.45, 7) is 3.69. The Kier molecular flexibility index (Phi) is 4.96. The van der Waals surface area contributed by atoms with Crippen LogP contribution in [0.1, 0.15) is 31.7 Å². The lowest BCUT2D eigenvalue weighted by Crippen LogP contribution is -2.30. The minimum atomic E-state index is -0.200. The molecule has 0 bridgehead atoms. The second kappa shape index (κ2) is 7.70. The normalized spacial score (nSPS) is 15.2. The fourth-order valence-corrected chi connectivity index (χ4v) is 3.44. The van der Waals surface area contributed by atoms with Crippen molar-refractivity contribution < 1.29 is 4.39 Å². The predicted molar refractivity (Wildman–Crippen MR) is 108 cm³/mol. The van der Waals surface area contributed by atoms with Crippen LogP contribution in [-0.2, 0) is 0 Å². The number of anilines is 2. The van der Waals surface area contributed by atoms with Crippen molar-refractivity contribution in [2.45, 2.75) is 26.2 Å². The Hall–Kier alpha value is -3.02. The molecule has 2 aromatic carbocycles. The molecule has 1 N–H and O–H groups in total. The van der Waals surface area contributed by atoms with E-state index in [1.54, 1.807) is 12.3 Å². The van der Waals surface area contributed by atoms with Crippen molar-refractivity contribution in [3.8, 4) is 0 Å². The van der Waals surface area contributed by atoms with Crippen LogP contribution in [0.2, 0.25) is 0 Å². The van der Waals surface area contributed by atoms with E-state index in [-0.39, 0.29) is 5.82 Å². The van der Waals surface area contributed by atoms with Gasteiger partial charge in [0, 0.05) is 29.4 Å². The van der Waals surface area contributed by atoms with Crippen LogP contribution in [0.4, 0.5) is 15.9 Å². The third kappa shape index (κ3) is 3.74. The lowest BCUT2D eigenvalue weighted by molar-refractivity contribution is 0.557. The van der Waals surface area contributed by atoms with Gasteiger partial charge >= 0.3 is 0 Å². The summed E-state index contributed by atoms with van der Waals surface area (Å²) in [6.07, 6.45) is 5.19. The largest absolute Gasteiger partial charge is 0.369 e. The molecule has 1 aliphatic heterocycles. The van der Waals surface area contributed by atoms with Gasteiger partial charge in [-0.3, -0.25) is 5.43 Å². The molecular formula is C21H22FN5. The highest BCUT2D eigenvalue weighted by Crippen LogP contribution is 2.24. The Morgan fingerprint density at radius 1 is 1.11 bits per heavy atom. The number of hydrogen-bond acceptors (Lipinski definition) is 5. The third-order valence-electron chi connectivity index (χ3n) is 4.96. The number of halogens is 1. The van der Waals surface area contributed by atoms with Crippen LogP contribution < -0.4 is 10.3 Å². The van der Waals surface area contributed by atoms with E-state index in [2.05, 4.69) is 25.6 Å². The highest BCUT2D eigenvalue weighted by atomic mass is 19.1. The first-order valence-electron chi connectivity index (χ1n) is 9.28. The number of nitrogens with zero attached hydrogens (tertiary/aromatic N) is 4. The molecule has 6 heteroatoms. The van der Waals surface area contributed by atoms with Crippen LogP contribution in [0, 0.1) is 5.82 Å². The average Bonchev–Trinajstić information content (AvgIpc) is 2.72. The van der Waals surface area contributed by atoms with Crippen molar-refractivity contribution in [2.75, 3.05) is 23.4 Å². The van der Waals surface area contributed by atoms with E-state index >= 15 is 0 Å². The first-order valence-corrected chi connectivity index (χ1v) is 9.28. The highest BCUT2D eigenvalue weighted by Gasteiger charge is 2.15. The number of hydrazone groups is 1. The summed E-state index contributed by atoms with van der Waals surface area (Å²) < 4.78 is 14.6. The number of fused-ring (bicyclic) bond motifs is 1. The number of hydrogen-bond donors (Lipinski definition) is 1. The number of nitrogens with one attached hydrogen (secondary N) is 1. The van der Waals surface area contributed by atoms with Gasteiger partial charge in [-0.15, -0.1) is 5.10 Å². The van der Waals surface area contributed by atoms with E-state index in [0.717, 1.165) is 42.3 Å². The molecule has 27 heavy (non-hydrogen) atoms. The molecule has 0 spiro atoms. The molecule has 2 heterocycles. The lowest BCUT2D eigenvalue weighted by atomic mass is 10.1. The fraction of sp³-hybridized carbons (Fsp3) is 0.286. The van der Waals surface area contributed by atoms with Crippen molar-refractivity contribution in [3.63, 3.8) is 0 Å². The van der Waals surface area contributed by atoms with E-state index in [1.165, 1.54) is 6.42 Å². The molecule has 0 aliphatic carbocycles. The van der Waals surface area contributed by atoms with Gasteiger partial charge in [0.25, 0.3) is 0 Å². The smallest absolute Gasteiger partial charge is 0.176 e. The molecule has 1 fully saturated rings. The van der Waals surface area contributed by atoms with E-state index in [1.807, 2.05) is 43.3 Å². The van der Waals surface area contributed by atoms with Gasteiger partial charge < -0.3 is 4.90 Å². The molecule has 0 saturated carbocycles. The van der Waals surface area contributed by atoms with Crippen LogP contribution in [0.5, 0.6) is 0 Å². The molecule has 0 amide bonds. The van der Waals surface area contributed by atoms with Crippen LogP contribution >= 0.6 is 0 Å². The Balaban J connectivity index is 1.55. The summed E-state index contributed by atoms with van der Waals surface area (Å²) in [4.78, 5) is 2.12. The Morgan fingerprint density at radius 3 is 2.74 bits per heavy atom. The molecule has 1 aliphatic rings. The molecule has 3 aromatic rings. The molecular weight excluding hydrogens is 341 g/mol. The fourth-order valence-electron chi connectivity index (χ4n) is 3.44. The second-order valence-electron chi connectivity index (χ2n) is 6.80. The van der Waals surface area contributed by atoms with Gasteiger partial charge in [-0.1, -0.05) is 30.3 Å². The highest BCUT2D eigenvalue weighted by molar-refractivity contribution is 6.00. The molecule has 138 valence electrons. The van der Waals surface area contributed by atoms with Gasteiger partial charge in [0.15, 0.2) is 5.82 Å². The zero-order valence-corrected chi connectivity index (χ0v) is 15.3. The summed E-state index contributed by atoms with van der Waals surface area (Å²) in [7, 11) is 0. The Bertz CT molecular complexity index is 974. The summed E-state index contributed by atoms with van der Waals surface area (Å²) in [5.74, 6) is 0.381. The molecule has 0 radical (unpaired) electrons. The second-order valence-corrected chi connectivity index (χ2v) is 6.80. The lowest BCUT2D eigenvalue weighted by Gasteiger charge is -2.29. The summed E-state index contributed by atoms with van der Waals surface area (Å²) >= 11 is 0. The molecule has 5 nitrogen and oxygen atoms in total. The van der Waals surface area contributed by atoms with Gasteiger partial charge in [0.1, 0.15) is 5.82 Å². The van der Waals surface area contributed by atoms with Gasteiger partial charge in [-0.25, -0.2) is 4.39 Å². The van der Waals surface area contributed by atoms with Gasteiger partial charge in [-0.05, 0) is 38.3 Å². The minimum absolute atomic E-state index is 0.200. The summed E-state index contributed by atoms with van der Waals surface area (Å²) in [6, 6.07) is 13.2. The van der Waals surface area contributed by atoms with Crippen molar-refractivity contribution in [3.05, 3.63) is 60.0 Å². The average molecular weight is 363 g/mol. The standard InChI is InChI=1S/C21H22FN5/c1-15(24-26-21-18-8-4-3-7-17(18)14-23-25-21)16-9-10-20(19(22)13-16)27-11-5-2-6-12-27/h3-4,7-10,13-14H,2,5-6,11-12H2,1H3,(H,25,26). The molecule has 4 rings (SSSR count). The van der Waals surface area contributed by atoms with Crippen molar-refractivity contribution in [2.24, 2.45) is 5.10 Å². The molecule has 1 saturated heterocycles. The monoisotopic (exact) mass is 363 g/mol. The summed E-state index contributed by atoms with van der Waals surface area (Å²) in [5.41, 5.74) is 5.08. The van der Waals surface area contributed by atoms with E-state index in [4.69, 9.17) is 0 Å². The Morgan fingerprint density at radius 2 is 1.93 bits per heavy atom. The first-order chi connectivity index (χ1) is 13.2. The van der Waals surface area contributed by atoms with Crippen molar-refractivity contribution in [1.82, 2.24) is 10.2 Å². The van der Waals surface area contributed by atoms with Gasteiger partial charge in [-0.2, -0.15) is 10.2 Å². The van der Waals surface area contributed by atoms with E-state index in [0.29, 0.717) is 17.2 Å². The predicted octanol–water partition coefficient (Wildman–Crippen LogP) is 4.60. The van der Waals surface area contributed by atoms with E-state index < -0.39 is 0 Å². The van der Waals surface area contributed by atoms with Crippen LogP contribution in [0.25, 0.3) is 10.8 Å². The van der Waals surface area contributed by atoms with Gasteiger partial charge in [0.05, 0.1) is 17.6 Å². The maximum absolute atomic E-state index is 14.6. The summed E-state index contributed by atoms with van der Waals surface area (Å²) in [5, 5.41) is 14.4. The zero-order chi connectivity index (χ0) is 18.6. The van der Waals surface area contributed by atoms with Crippen molar-refractivity contribution in [1.29, 1.82) is 0 Å². The van der Waals surface area contributed by atoms with Crippen LogP contribution in [0.15, 0.2) is 53.8 Å². The zero-order valence-electron chi connectivity index (χ0n) is 15.3. The molecule has 1 aromatic heterocycles. The minimum Gasteiger partial charge on any atom is -0.369 e. The number of piperidine rings is 1. The quantitative estimate of drug-likeness (QED) is 0.544. The number of aromatic nitrogens is 2. The topological polar surface area (TPSA) is 53.4 Å². The maximum atomic E-state index is 14.6. The SMILES string of the molecule is CC(=NNc1nncc2ccccc12)c1ccc(N2CCCCC2)c(F)c1. The maximum Gasteiger partial charge on any atom is 0.176 e. The third-order valence-corrected chi connectivity index (χ3v) is 4.96. The van der Waals surface area contributed by atoms with Crippen LogP contribution in [-0.4, -0.2) is 29.0 Å². The molecule has 0 atom stereocenters. The van der Waals surface area contributed by atoms with Gasteiger partial charge in [0.2, 0.25) is 0 Å². The number of benzene rings is 2. The molecule has 0 unspecified atom stereocenters. The first kappa shape index (κ1) is 17.4. The van der Waals surface area contributed by atoms with Crippen LogP contribution in [0.3, 0.4) is 0 Å².